The molecule has 1 aliphatic rings. The average Bonchev–Trinajstić information content (AvgIpc) is 3.04. The topological polar surface area (TPSA) is 17.1 Å². The van der Waals surface area contributed by atoms with Crippen molar-refractivity contribution < 1.29 is 4.79 Å². The molecule has 1 unspecified atom stereocenters. The Morgan fingerprint density at radius 3 is 1.55 bits per heavy atom. The summed E-state index contributed by atoms with van der Waals surface area (Å²) in [5, 5.41) is 0. The zero-order valence-corrected chi connectivity index (χ0v) is 17.6. The Balaban J connectivity index is 1.63. The van der Waals surface area contributed by atoms with E-state index in [1.54, 1.807) is 0 Å². The predicted octanol–water partition coefficient (Wildman–Crippen LogP) is 6.32. The second-order valence-corrected chi connectivity index (χ2v) is 8.60. The number of hydrogen-bond donors (Lipinski definition) is 0. The van der Waals surface area contributed by atoms with Crippen molar-refractivity contribution in [3.05, 3.63) is 143 Å². The summed E-state index contributed by atoms with van der Waals surface area (Å²) in [5.74, 6) is 0.247. The zero-order chi connectivity index (χ0) is 21.1. The van der Waals surface area contributed by atoms with E-state index in [1.807, 2.05) is 18.2 Å². The highest BCUT2D eigenvalue weighted by molar-refractivity contribution is 6.01. The number of ketones is 1. The highest BCUT2D eigenvalue weighted by atomic mass is 16.1. The van der Waals surface area contributed by atoms with Crippen molar-refractivity contribution in [3.8, 4) is 0 Å². The molecule has 0 radical (unpaired) electrons. The Hall–Kier alpha value is -3.45. The van der Waals surface area contributed by atoms with Crippen LogP contribution in [0.5, 0.6) is 0 Å². The summed E-state index contributed by atoms with van der Waals surface area (Å²) in [4.78, 5) is 14.3. The molecule has 0 amide bonds. The van der Waals surface area contributed by atoms with E-state index >= 15 is 0 Å². The second kappa shape index (κ2) is 8.35. The molecule has 0 saturated carbocycles. The molecule has 0 N–H and O–H groups in total. The van der Waals surface area contributed by atoms with Gasteiger partial charge < -0.3 is 0 Å². The zero-order valence-electron chi connectivity index (χ0n) is 17.6. The molecule has 0 heterocycles. The smallest absolute Gasteiger partial charge is 0.151 e. The third-order valence-electron chi connectivity index (χ3n) is 6.62. The Labute approximate surface area is 184 Å². The lowest BCUT2D eigenvalue weighted by Gasteiger charge is -2.30. The molecular formula is C30H26O. The maximum atomic E-state index is 14.3. The first kappa shape index (κ1) is 19.5. The van der Waals surface area contributed by atoms with Gasteiger partial charge in [0.05, 0.1) is 5.41 Å². The van der Waals surface area contributed by atoms with E-state index in [9.17, 15) is 4.79 Å². The maximum absolute atomic E-state index is 14.3. The molecule has 0 aliphatic heterocycles. The Kier molecular flexibility index (Phi) is 5.26. The van der Waals surface area contributed by atoms with Crippen molar-refractivity contribution in [2.75, 3.05) is 0 Å². The van der Waals surface area contributed by atoms with E-state index in [-0.39, 0.29) is 5.92 Å². The summed E-state index contributed by atoms with van der Waals surface area (Å²) in [5.41, 5.74) is 5.49. The van der Waals surface area contributed by atoms with Crippen molar-refractivity contribution in [3.63, 3.8) is 0 Å². The van der Waals surface area contributed by atoms with Gasteiger partial charge in [-0.05, 0) is 47.1 Å². The first-order valence-electron chi connectivity index (χ1n) is 11.0. The van der Waals surface area contributed by atoms with Crippen molar-refractivity contribution >= 4 is 5.78 Å². The average molecular weight is 403 g/mol. The summed E-state index contributed by atoms with van der Waals surface area (Å²) >= 11 is 0. The largest absolute Gasteiger partial charge is 0.298 e. The number of Topliss-reactive ketones (excluding diaryl/α,β-unsaturated/α-hetero) is 1. The summed E-state index contributed by atoms with van der Waals surface area (Å²) in [6, 6.07) is 39.8. The van der Waals surface area contributed by atoms with Crippen LogP contribution in [0.25, 0.3) is 0 Å². The Morgan fingerprint density at radius 2 is 1.00 bits per heavy atom. The van der Waals surface area contributed by atoms with E-state index in [4.69, 9.17) is 0 Å². The Morgan fingerprint density at radius 1 is 0.548 bits per heavy atom. The van der Waals surface area contributed by atoms with Gasteiger partial charge in [0, 0.05) is 5.92 Å². The van der Waals surface area contributed by atoms with Gasteiger partial charge in [-0.1, -0.05) is 115 Å². The van der Waals surface area contributed by atoms with Gasteiger partial charge >= 0.3 is 0 Å². The monoisotopic (exact) mass is 402 g/mol. The maximum Gasteiger partial charge on any atom is 0.151 e. The lowest BCUT2D eigenvalue weighted by atomic mass is 9.71. The van der Waals surface area contributed by atoms with Gasteiger partial charge in [-0.15, -0.1) is 0 Å². The number of carbonyl (C=O) groups excluding carboxylic acids is 1. The van der Waals surface area contributed by atoms with Gasteiger partial charge in [-0.25, -0.2) is 0 Å². The van der Waals surface area contributed by atoms with E-state index in [0.29, 0.717) is 5.78 Å². The minimum atomic E-state index is -0.543. The number of benzene rings is 4. The molecule has 1 aliphatic carbocycles. The third kappa shape index (κ3) is 3.72. The highest BCUT2D eigenvalue weighted by Gasteiger charge is 2.51. The molecule has 1 atom stereocenters. The van der Waals surface area contributed by atoms with Crippen LogP contribution in [0, 0.1) is 0 Å². The minimum Gasteiger partial charge on any atom is -0.298 e. The molecule has 0 saturated heterocycles. The van der Waals surface area contributed by atoms with Gasteiger partial charge in [0.25, 0.3) is 0 Å². The van der Waals surface area contributed by atoms with E-state index < -0.39 is 5.41 Å². The van der Waals surface area contributed by atoms with Crippen molar-refractivity contribution in [2.24, 2.45) is 0 Å². The molecule has 4 aromatic carbocycles. The van der Waals surface area contributed by atoms with Crippen LogP contribution in [-0.4, -0.2) is 5.78 Å². The molecule has 152 valence electrons. The molecule has 0 spiro atoms. The number of carbonyl (C=O) groups is 1. The molecular weight excluding hydrogens is 376 g/mol. The van der Waals surface area contributed by atoms with Crippen LogP contribution in [0.1, 0.15) is 33.7 Å². The summed E-state index contributed by atoms with van der Waals surface area (Å²) in [7, 11) is 0. The molecule has 1 heteroatoms. The van der Waals surface area contributed by atoms with Crippen LogP contribution >= 0.6 is 0 Å². The van der Waals surface area contributed by atoms with Crippen LogP contribution < -0.4 is 0 Å². The molecule has 4 aromatic rings. The van der Waals surface area contributed by atoms with Crippen LogP contribution in [0.2, 0.25) is 0 Å². The van der Waals surface area contributed by atoms with E-state index in [0.717, 1.165) is 19.3 Å². The Bertz CT molecular complexity index is 1120. The lowest BCUT2D eigenvalue weighted by molar-refractivity contribution is -0.124. The first-order valence-corrected chi connectivity index (χ1v) is 11.0. The SMILES string of the molecule is O=C1C(Cc2ccccc2)c2ccccc2C1(Cc1ccccc1)Cc1ccccc1. The fourth-order valence-corrected chi connectivity index (χ4v) is 5.21. The number of rotatable bonds is 6. The normalized spacial score (nSPS) is 16.8. The lowest BCUT2D eigenvalue weighted by Crippen LogP contribution is -2.38. The number of fused-ring (bicyclic) bond motifs is 1. The summed E-state index contributed by atoms with van der Waals surface area (Å²) in [6.45, 7) is 0. The summed E-state index contributed by atoms with van der Waals surface area (Å²) in [6.07, 6.45) is 2.20. The minimum absolute atomic E-state index is 0.106. The number of hydrogen-bond acceptors (Lipinski definition) is 1. The quantitative estimate of drug-likeness (QED) is 0.369. The molecule has 1 nitrogen and oxygen atoms in total. The van der Waals surface area contributed by atoms with Gasteiger partial charge in [0.2, 0.25) is 0 Å². The molecule has 5 rings (SSSR count). The van der Waals surface area contributed by atoms with Crippen molar-refractivity contribution in [1.29, 1.82) is 0 Å². The third-order valence-corrected chi connectivity index (χ3v) is 6.62. The van der Waals surface area contributed by atoms with E-state index in [1.165, 1.54) is 27.8 Å². The van der Waals surface area contributed by atoms with Crippen LogP contribution in [0.3, 0.4) is 0 Å². The van der Waals surface area contributed by atoms with Gasteiger partial charge in [0.1, 0.15) is 0 Å². The summed E-state index contributed by atoms with van der Waals surface area (Å²) < 4.78 is 0. The van der Waals surface area contributed by atoms with E-state index in [2.05, 4.69) is 97.1 Å². The van der Waals surface area contributed by atoms with Crippen molar-refractivity contribution in [2.45, 2.75) is 30.6 Å². The molecule has 0 bridgehead atoms. The van der Waals surface area contributed by atoms with Crippen LogP contribution in [0.4, 0.5) is 0 Å². The standard InChI is InChI=1S/C30H26O/c31-29-27(20-23-12-4-1-5-13-23)26-18-10-11-19-28(26)30(29,21-24-14-6-2-7-15-24)22-25-16-8-3-9-17-25/h1-19,27H,20-22H2. The van der Waals surface area contributed by atoms with Crippen molar-refractivity contribution in [1.82, 2.24) is 0 Å². The van der Waals surface area contributed by atoms with Gasteiger partial charge in [-0.3, -0.25) is 4.79 Å². The predicted molar refractivity (Wildman–Crippen MR) is 126 cm³/mol. The van der Waals surface area contributed by atoms with Gasteiger partial charge in [0.15, 0.2) is 5.78 Å². The highest BCUT2D eigenvalue weighted by Crippen LogP contribution is 2.48. The van der Waals surface area contributed by atoms with Crippen LogP contribution in [0.15, 0.2) is 115 Å². The van der Waals surface area contributed by atoms with Crippen LogP contribution in [-0.2, 0) is 29.5 Å². The first-order chi connectivity index (χ1) is 15.3. The second-order valence-electron chi connectivity index (χ2n) is 8.60. The van der Waals surface area contributed by atoms with Gasteiger partial charge in [-0.2, -0.15) is 0 Å². The fourth-order valence-electron chi connectivity index (χ4n) is 5.21. The molecule has 31 heavy (non-hydrogen) atoms. The molecule has 0 fully saturated rings. The fraction of sp³-hybridized carbons (Fsp3) is 0.167. The molecule has 0 aromatic heterocycles.